The van der Waals surface area contributed by atoms with E-state index in [1.807, 2.05) is 6.92 Å². The molecule has 9 heteroatoms. The van der Waals surface area contributed by atoms with Crippen molar-refractivity contribution in [1.29, 1.82) is 0 Å². The van der Waals surface area contributed by atoms with Crippen LogP contribution in [0.5, 0.6) is 11.6 Å². The van der Waals surface area contributed by atoms with E-state index in [-0.39, 0.29) is 12.2 Å². The summed E-state index contributed by atoms with van der Waals surface area (Å²) in [6, 6.07) is 6.55. The fourth-order valence-electron chi connectivity index (χ4n) is 1.82. The molecule has 0 N–H and O–H groups in total. The van der Waals surface area contributed by atoms with Crippen LogP contribution in [0.15, 0.2) is 35.6 Å². The standard InChI is InChI=1S/C13H13N5O3S/c1-2-20-11-5-3-4-9(13(19)15-17-14)10(11)8-21-12-6-7-18(22)16-12/h3-7,22H,2,8H2,1H3. The molecule has 0 aliphatic carbocycles. The molecule has 1 aromatic heterocycles. The van der Waals surface area contributed by atoms with Crippen molar-refractivity contribution in [2.45, 2.75) is 13.5 Å². The second kappa shape index (κ2) is 7.39. The van der Waals surface area contributed by atoms with Crippen LogP contribution in [0.1, 0.15) is 22.8 Å². The van der Waals surface area contributed by atoms with Gasteiger partial charge in [0.15, 0.2) is 0 Å². The normalized spacial score (nSPS) is 9.91. The molecular weight excluding hydrogens is 306 g/mol. The van der Waals surface area contributed by atoms with Gasteiger partial charge in [0.2, 0.25) is 11.8 Å². The van der Waals surface area contributed by atoms with Gasteiger partial charge in [-0.25, -0.2) is 4.09 Å². The zero-order valence-electron chi connectivity index (χ0n) is 11.7. The number of rotatable bonds is 6. The van der Waals surface area contributed by atoms with Gasteiger partial charge in [0, 0.05) is 28.3 Å². The van der Waals surface area contributed by atoms with Gasteiger partial charge in [-0.1, -0.05) is 12.1 Å². The van der Waals surface area contributed by atoms with E-state index in [4.69, 9.17) is 15.0 Å². The van der Waals surface area contributed by atoms with E-state index >= 15 is 0 Å². The largest absolute Gasteiger partial charge is 0.493 e. The molecule has 0 fully saturated rings. The highest BCUT2D eigenvalue weighted by Gasteiger charge is 2.16. The topological polar surface area (TPSA) is 102 Å². The van der Waals surface area contributed by atoms with Crippen LogP contribution in [0.4, 0.5) is 0 Å². The molecule has 0 spiro atoms. The summed E-state index contributed by atoms with van der Waals surface area (Å²) in [5.41, 5.74) is 9.15. The maximum absolute atomic E-state index is 11.9. The summed E-state index contributed by atoms with van der Waals surface area (Å²) in [5.74, 6) is 0.151. The minimum absolute atomic E-state index is 0.0446. The molecular formula is C13H13N5O3S. The van der Waals surface area contributed by atoms with Crippen LogP contribution in [0.3, 0.4) is 0 Å². The van der Waals surface area contributed by atoms with Crippen LogP contribution in [0.25, 0.3) is 10.4 Å². The molecule has 2 rings (SSSR count). The van der Waals surface area contributed by atoms with Crippen LogP contribution in [0, 0.1) is 0 Å². The van der Waals surface area contributed by atoms with Gasteiger partial charge in [-0.15, -0.1) is 5.10 Å². The Morgan fingerprint density at radius 1 is 1.45 bits per heavy atom. The molecule has 0 aliphatic rings. The summed E-state index contributed by atoms with van der Waals surface area (Å²) in [4.78, 5) is 14.4. The fourth-order valence-corrected chi connectivity index (χ4v) is 1.98. The van der Waals surface area contributed by atoms with Crippen molar-refractivity contribution in [3.63, 3.8) is 0 Å². The Kier molecular flexibility index (Phi) is 5.29. The van der Waals surface area contributed by atoms with Crippen molar-refractivity contribution in [2.75, 3.05) is 6.61 Å². The number of azide groups is 1. The van der Waals surface area contributed by atoms with Gasteiger partial charge in [-0.3, -0.25) is 4.79 Å². The summed E-state index contributed by atoms with van der Waals surface area (Å²) >= 11 is 4.01. The number of nitrogens with zero attached hydrogens (tertiary/aromatic N) is 5. The lowest BCUT2D eigenvalue weighted by molar-refractivity contribution is 0.0997. The average Bonchev–Trinajstić information content (AvgIpc) is 2.92. The molecule has 2 aromatic rings. The molecule has 0 bridgehead atoms. The predicted molar refractivity (Wildman–Crippen MR) is 82.0 cm³/mol. The molecule has 8 nitrogen and oxygen atoms in total. The van der Waals surface area contributed by atoms with Crippen LogP contribution >= 0.6 is 12.8 Å². The SMILES string of the molecule is CCOc1cccc(C(=O)N=[N+]=[N-])c1COc1ccn(S)n1. The number of ether oxygens (including phenoxy) is 2. The number of benzene rings is 1. The van der Waals surface area contributed by atoms with E-state index in [2.05, 4.69) is 27.9 Å². The monoisotopic (exact) mass is 319 g/mol. The quantitative estimate of drug-likeness (QED) is 0.382. The first-order valence-electron chi connectivity index (χ1n) is 6.37. The van der Waals surface area contributed by atoms with Crippen molar-refractivity contribution in [3.8, 4) is 11.6 Å². The molecule has 1 amide bonds. The number of carbonyl (C=O) groups excluding carboxylic acids is 1. The predicted octanol–water partition coefficient (Wildman–Crippen LogP) is 3.00. The Morgan fingerprint density at radius 3 is 2.91 bits per heavy atom. The van der Waals surface area contributed by atoms with Crippen molar-refractivity contribution in [2.24, 2.45) is 5.11 Å². The van der Waals surface area contributed by atoms with Gasteiger partial charge in [0.05, 0.1) is 6.61 Å². The van der Waals surface area contributed by atoms with Gasteiger partial charge < -0.3 is 9.47 Å². The van der Waals surface area contributed by atoms with Crippen LogP contribution in [-0.2, 0) is 6.61 Å². The van der Waals surface area contributed by atoms with E-state index in [0.29, 0.717) is 23.8 Å². The summed E-state index contributed by atoms with van der Waals surface area (Å²) in [6.07, 6.45) is 1.61. The molecule has 1 aromatic carbocycles. The number of hydrogen-bond donors (Lipinski definition) is 1. The first-order chi connectivity index (χ1) is 10.7. The van der Waals surface area contributed by atoms with Crippen LogP contribution in [0.2, 0.25) is 0 Å². The minimum Gasteiger partial charge on any atom is -0.493 e. The van der Waals surface area contributed by atoms with Gasteiger partial charge in [0.1, 0.15) is 12.4 Å². The number of carbonyl (C=O) groups is 1. The lowest BCUT2D eigenvalue weighted by Gasteiger charge is -2.13. The van der Waals surface area contributed by atoms with E-state index in [1.165, 1.54) is 4.09 Å². The van der Waals surface area contributed by atoms with E-state index in [1.54, 1.807) is 30.5 Å². The number of thiol groups is 1. The molecule has 0 atom stereocenters. The Bertz CT molecular complexity index is 724. The van der Waals surface area contributed by atoms with Gasteiger partial charge >= 0.3 is 0 Å². The molecule has 22 heavy (non-hydrogen) atoms. The summed E-state index contributed by atoms with van der Waals surface area (Å²) in [7, 11) is 0. The maximum Gasteiger partial charge on any atom is 0.249 e. The Balaban J connectivity index is 2.32. The first kappa shape index (κ1) is 15.7. The van der Waals surface area contributed by atoms with Gasteiger partial charge in [-0.2, -0.15) is 0 Å². The first-order valence-corrected chi connectivity index (χ1v) is 6.77. The van der Waals surface area contributed by atoms with E-state index in [0.717, 1.165) is 0 Å². The summed E-state index contributed by atoms with van der Waals surface area (Å²) < 4.78 is 12.3. The zero-order chi connectivity index (χ0) is 15.9. The molecule has 1 heterocycles. The highest BCUT2D eigenvalue weighted by Crippen LogP contribution is 2.25. The molecule has 114 valence electrons. The minimum atomic E-state index is -0.692. The number of hydrogen-bond acceptors (Lipinski definition) is 5. The van der Waals surface area contributed by atoms with Crippen LogP contribution in [-0.4, -0.2) is 21.7 Å². The molecule has 0 unspecified atom stereocenters. The third-order valence-electron chi connectivity index (χ3n) is 2.71. The average molecular weight is 319 g/mol. The second-order valence-electron chi connectivity index (χ2n) is 4.07. The smallest absolute Gasteiger partial charge is 0.249 e. The highest BCUT2D eigenvalue weighted by atomic mass is 32.1. The van der Waals surface area contributed by atoms with Crippen molar-refractivity contribution < 1.29 is 14.3 Å². The molecule has 0 aliphatic heterocycles. The van der Waals surface area contributed by atoms with E-state index in [9.17, 15) is 4.79 Å². The Morgan fingerprint density at radius 2 is 2.27 bits per heavy atom. The fraction of sp³-hybridized carbons (Fsp3) is 0.231. The molecule has 0 radical (unpaired) electrons. The highest BCUT2D eigenvalue weighted by molar-refractivity contribution is 7.78. The number of aromatic nitrogens is 2. The third-order valence-corrected chi connectivity index (χ3v) is 2.94. The van der Waals surface area contributed by atoms with Gasteiger partial charge in [0.25, 0.3) is 0 Å². The maximum atomic E-state index is 11.9. The lowest BCUT2D eigenvalue weighted by atomic mass is 10.1. The van der Waals surface area contributed by atoms with E-state index < -0.39 is 5.91 Å². The van der Waals surface area contributed by atoms with Crippen molar-refractivity contribution in [1.82, 2.24) is 9.19 Å². The zero-order valence-corrected chi connectivity index (χ0v) is 12.6. The molecule has 0 saturated heterocycles. The van der Waals surface area contributed by atoms with Crippen molar-refractivity contribution >= 4 is 18.7 Å². The molecule has 0 saturated carbocycles. The Labute approximate surface area is 131 Å². The summed E-state index contributed by atoms with van der Waals surface area (Å²) in [6.45, 7) is 2.30. The number of amides is 1. The third kappa shape index (κ3) is 3.72. The Hall–Kier alpha value is -2.64. The van der Waals surface area contributed by atoms with Crippen LogP contribution < -0.4 is 9.47 Å². The summed E-state index contributed by atoms with van der Waals surface area (Å²) in [5, 5.41) is 7.08. The second-order valence-corrected chi connectivity index (χ2v) is 4.48. The van der Waals surface area contributed by atoms with Gasteiger partial charge in [-0.05, 0) is 36.5 Å². The van der Waals surface area contributed by atoms with Crippen molar-refractivity contribution in [3.05, 3.63) is 52.0 Å². The lowest BCUT2D eigenvalue weighted by Crippen LogP contribution is -2.08.